The van der Waals surface area contributed by atoms with Crippen molar-refractivity contribution in [1.82, 2.24) is 0 Å². The van der Waals surface area contributed by atoms with Crippen molar-refractivity contribution in [3.63, 3.8) is 0 Å². The summed E-state index contributed by atoms with van der Waals surface area (Å²) in [5.41, 5.74) is -0.0428. The maximum Gasteiger partial charge on any atom is 0.283 e. The van der Waals surface area contributed by atoms with Gasteiger partial charge < -0.3 is 5.32 Å². The summed E-state index contributed by atoms with van der Waals surface area (Å²) in [7, 11) is 0. The van der Waals surface area contributed by atoms with E-state index in [0.717, 1.165) is 17.0 Å². The van der Waals surface area contributed by atoms with Gasteiger partial charge in [-0.3, -0.25) is 9.59 Å². The first-order valence-electron chi connectivity index (χ1n) is 6.54. The zero-order valence-electron chi connectivity index (χ0n) is 11.5. The summed E-state index contributed by atoms with van der Waals surface area (Å²) in [6.07, 6.45) is 0. The topological polar surface area (TPSA) is 49.4 Å². The summed E-state index contributed by atoms with van der Waals surface area (Å²) in [6, 6.07) is 10.5. The quantitative estimate of drug-likeness (QED) is 0.875. The largest absolute Gasteiger partial charge is 0.347 e. The van der Waals surface area contributed by atoms with Crippen LogP contribution in [-0.4, -0.2) is 11.8 Å². The lowest BCUT2D eigenvalue weighted by Gasteiger charge is -2.15. The monoisotopic (exact) mass is 334 g/mol. The van der Waals surface area contributed by atoms with Crippen LogP contribution in [0.15, 0.2) is 59.3 Å². The summed E-state index contributed by atoms with van der Waals surface area (Å²) < 4.78 is 26.7. The molecule has 4 nitrogen and oxygen atoms in total. The molecule has 2 amide bonds. The van der Waals surface area contributed by atoms with Gasteiger partial charge in [0.2, 0.25) is 0 Å². The van der Waals surface area contributed by atoms with Crippen LogP contribution in [0.3, 0.4) is 0 Å². The molecule has 0 aliphatic carbocycles. The van der Waals surface area contributed by atoms with Crippen LogP contribution >= 0.6 is 11.6 Å². The third-order valence-corrected chi connectivity index (χ3v) is 3.60. The highest BCUT2D eigenvalue weighted by Crippen LogP contribution is 2.30. The number of carbonyl (C=O) groups is 2. The maximum absolute atomic E-state index is 13.7. The molecule has 1 aliphatic rings. The number of benzene rings is 2. The van der Waals surface area contributed by atoms with E-state index < -0.39 is 23.4 Å². The third kappa shape index (κ3) is 2.68. The number of halogens is 3. The van der Waals surface area contributed by atoms with E-state index in [2.05, 4.69) is 5.32 Å². The number of imide groups is 1. The molecule has 7 heteroatoms. The minimum atomic E-state index is -0.762. The van der Waals surface area contributed by atoms with Gasteiger partial charge in [-0.15, -0.1) is 0 Å². The van der Waals surface area contributed by atoms with Gasteiger partial charge in [0.15, 0.2) is 0 Å². The molecule has 0 spiro atoms. The van der Waals surface area contributed by atoms with E-state index >= 15 is 0 Å². The minimum Gasteiger partial charge on any atom is -0.347 e. The van der Waals surface area contributed by atoms with E-state index in [-0.39, 0.29) is 22.1 Å². The van der Waals surface area contributed by atoms with Gasteiger partial charge in [0, 0.05) is 0 Å². The zero-order valence-corrected chi connectivity index (χ0v) is 12.3. The highest BCUT2D eigenvalue weighted by atomic mass is 35.5. The molecule has 0 fully saturated rings. The fourth-order valence-corrected chi connectivity index (χ4v) is 2.35. The van der Waals surface area contributed by atoms with Gasteiger partial charge in [-0.05, 0) is 36.4 Å². The first-order chi connectivity index (χ1) is 11.0. The molecule has 23 heavy (non-hydrogen) atoms. The summed E-state index contributed by atoms with van der Waals surface area (Å²) in [5, 5.41) is 2.18. The lowest BCUT2D eigenvalue weighted by molar-refractivity contribution is -0.120. The van der Waals surface area contributed by atoms with Gasteiger partial charge in [-0.25, -0.2) is 13.7 Å². The average molecular weight is 335 g/mol. The van der Waals surface area contributed by atoms with Crippen LogP contribution < -0.4 is 10.2 Å². The predicted octanol–water partition coefficient (Wildman–Crippen LogP) is 3.40. The number of nitrogens with zero attached hydrogens (tertiary/aromatic N) is 1. The Kier molecular flexibility index (Phi) is 3.83. The number of nitrogens with one attached hydrogen (secondary N) is 1. The van der Waals surface area contributed by atoms with Crippen LogP contribution in [0.1, 0.15) is 0 Å². The maximum atomic E-state index is 13.7. The van der Waals surface area contributed by atoms with Crippen LogP contribution in [-0.2, 0) is 9.59 Å². The Morgan fingerprint density at radius 2 is 1.57 bits per heavy atom. The van der Waals surface area contributed by atoms with Crippen LogP contribution in [0.25, 0.3) is 0 Å². The van der Waals surface area contributed by atoms with E-state index in [4.69, 9.17) is 11.6 Å². The molecule has 3 rings (SSSR count). The highest BCUT2D eigenvalue weighted by molar-refractivity contribution is 6.53. The van der Waals surface area contributed by atoms with Crippen LogP contribution in [0, 0.1) is 11.6 Å². The number of hydrogen-bond acceptors (Lipinski definition) is 3. The number of anilines is 2. The van der Waals surface area contributed by atoms with Gasteiger partial charge in [0.25, 0.3) is 11.8 Å². The molecule has 0 bridgehead atoms. The Morgan fingerprint density at radius 3 is 2.22 bits per heavy atom. The van der Waals surface area contributed by atoms with Crippen molar-refractivity contribution in [2.45, 2.75) is 0 Å². The number of amides is 2. The second-order valence-electron chi connectivity index (χ2n) is 4.72. The Balaban J connectivity index is 1.93. The fourth-order valence-electron chi connectivity index (χ4n) is 2.13. The summed E-state index contributed by atoms with van der Waals surface area (Å²) in [6.45, 7) is 0. The third-order valence-electron chi connectivity index (χ3n) is 3.25. The van der Waals surface area contributed by atoms with Crippen LogP contribution in [0.4, 0.5) is 20.2 Å². The van der Waals surface area contributed by atoms with E-state index in [1.807, 2.05) is 0 Å². The molecule has 0 aromatic heterocycles. The van der Waals surface area contributed by atoms with Gasteiger partial charge in [-0.2, -0.15) is 0 Å². The number of rotatable bonds is 3. The van der Waals surface area contributed by atoms with Crippen molar-refractivity contribution in [1.29, 1.82) is 0 Å². The van der Waals surface area contributed by atoms with Gasteiger partial charge in [0.05, 0.1) is 11.4 Å². The molecule has 116 valence electrons. The van der Waals surface area contributed by atoms with Crippen molar-refractivity contribution in [3.05, 3.63) is 70.9 Å². The molecule has 0 unspecified atom stereocenters. The second kappa shape index (κ2) is 5.81. The first-order valence-corrected chi connectivity index (χ1v) is 6.92. The van der Waals surface area contributed by atoms with Gasteiger partial charge in [-0.1, -0.05) is 23.7 Å². The van der Waals surface area contributed by atoms with E-state index in [1.165, 1.54) is 30.3 Å². The Bertz CT molecular complexity index is 834. The molecule has 2 aromatic rings. The first kappa shape index (κ1) is 15.2. The molecular weight excluding hydrogens is 326 g/mol. The number of hydrogen-bond donors (Lipinski definition) is 1. The molecule has 0 atom stereocenters. The summed E-state index contributed by atoms with van der Waals surface area (Å²) >= 11 is 5.91. The molecule has 1 N–H and O–H groups in total. The molecule has 0 saturated heterocycles. The van der Waals surface area contributed by atoms with Gasteiger partial charge in [0.1, 0.15) is 22.4 Å². The SMILES string of the molecule is O=C1C(Cl)=C(Nc2ccccc2F)C(=O)N1c1ccc(F)cc1. The lowest BCUT2D eigenvalue weighted by Crippen LogP contribution is -2.32. The Labute approximate surface area is 135 Å². The minimum absolute atomic E-state index is 0.0164. The zero-order chi connectivity index (χ0) is 16.6. The standard InChI is InChI=1S/C16H9ClF2N2O2/c17-13-14(20-12-4-2-1-3-11(12)19)16(23)21(15(13)22)10-7-5-9(18)6-8-10/h1-8,20H. The Morgan fingerprint density at radius 1 is 0.913 bits per heavy atom. The smallest absolute Gasteiger partial charge is 0.283 e. The van der Waals surface area contributed by atoms with Crippen LogP contribution in [0.2, 0.25) is 0 Å². The highest BCUT2D eigenvalue weighted by Gasteiger charge is 2.39. The normalized spacial score (nSPS) is 14.7. The Hall–Kier alpha value is -2.73. The second-order valence-corrected chi connectivity index (χ2v) is 5.09. The predicted molar refractivity (Wildman–Crippen MR) is 81.8 cm³/mol. The summed E-state index contributed by atoms with van der Waals surface area (Å²) in [5.74, 6) is -2.60. The van der Waals surface area contributed by atoms with Crippen molar-refractivity contribution in [2.24, 2.45) is 0 Å². The van der Waals surface area contributed by atoms with Crippen molar-refractivity contribution < 1.29 is 18.4 Å². The number of para-hydroxylation sites is 1. The van der Waals surface area contributed by atoms with Crippen molar-refractivity contribution >= 4 is 34.8 Å². The van der Waals surface area contributed by atoms with E-state index in [9.17, 15) is 18.4 Å². The molecule has 1 heterocycles. The molecule has 0 radical (unpaired) electrons. The molecule has 1 aliphatic heterocycles. The van der Waals surface area contributed by atoms with Crippen molar-refractivity contribution in [2.75, 3.05) is 10.2 Å². The fraction of sp³-hybridized carbons (Fsp3) is 0. The molecular formula is C16H9ClF2N2O2. The van der Waals surface area contributed by atoms with Gasteiger partial charge >= 0.3 is 0 Å². The van der Waals surface area contributed by atoms with Crippen LogP contribution in [0.5, 0.6) is 0 Å². The summed E-state index contributed by atoms with van der Waals surface area (Å²) in [4.78, 5) is 25.4. The number of carbonyl (C=O) groups excluding carboxylic acids is 2. The van der Waals surface area contributed by atoms with E-state index in [0.29, 0.717) is 0 Å². The van der Waals surface area contributed by atoms with Crippen molar-refractivity contribution in [3.8, 4) is 0 Å². The molecule has 2 aromatic carbocycles. The average Bonchev–Trinajstić information content (AvgIpc) is 2.74. The molecule has 0 saturated carbocycles. The lowest BCUT2D eigenvalue weighted by atomic mass is 10.2. The van der Waals surface area contributed by atoms with E-state index in [1.54, 1.807) is 6.07 Å².